The van der Waals surface area contributed by atoms with Crippen LogP contribution in [0.1, 0.15) is 47.0 Å². The van der Waals surface area contributed by atoms with Crippen LogP contribution in [-0.2, 0) is 14.6 Å². The van der Waals surface area contributed by atoms with Gasteiger partial charge in [0.05, 0.1) is 5.60 Å². The maximum Gasteiger partial charge on any atom is 0.397 e. The lowest BCUT2D eigenvalue weighted by atomic mass is 9.98. The molecule has 0 aromatic carbocycles. The fourth-order valence-corrected chi connectivity index (χ4v) is 1.92. The van der Waals surface area contributed by atoms with Crippen molar-refractivity contribution in [3.63, 3.8) is 0 Å². The molecule has 0 aromatic heterocycles. The molecule has 4 nitrogen and oxygen atoms in total. The average molecular weight is 224 g/mol. The minimum atomic E-state index is -4.33. The van der Waals surface area contributed by atoms with Crippen LogP contribution in [0.4, 0.5) is 0 Å². The molecule has 0 saturated carbocycles. The highest BCUT2D eigenvalue weighted by Gasteiger charge is 2.24. The van der Waals surface area contributed by atoms with Crippen LogP contribution in [0.25, 0.3) is 0 Å². The lowest BCUT2D eigenvalue weighted by Gasteiger charge is -2.22. The molecule has 0 amide bonds. The predicted octanol–water partition coefficient (Wildman–Crippen LogP) is 2.41. The van der Waals surface area contributed by atoms with Crippen molar-refractivity contribution >= 4 is 10.4 Å². The molecule has 0 fully saturated rings. The molecule has 0 rings (SSSR count). The molecule has 0 bridgehead atoms. The zero-order valence-electron chi connectivity index (χ0n) is 9.28. The van der Waals surface area contributed by atoms with Gasteiger partial charge in [-0.2, -0.15) is 8.42 Å². The summed E-state index contributed by atoms with van der Waals surface area (Å²) in [6.45, 7) is 7.52. The third-order valence-electron chi connectivity index (χ3n) is 1.89. The lowest BCUT2D eigenvalue weighted by molar-refractivity contribution is 0.0869. The maximum atomic E-state index is 10.5. The molecule has 0 aliphatic rings. The summed E-state index contributed by atoms with van der Waals surface area (Å²) in [6.07, 6.45) is 2.53. The standard InChI is InChI=1S/C9H20O4S/c1-8(2)6-5-7-9(3,4)13-14(10,11)12/h8H,5-7H2,1-4H3,(H,10,11,12). The van der Waals surface area contributed by atoms with Crippen molar-refractivity contribution in [1.82, 2.24) is 0 Å². The summed E-state index contributed by atoms with van der Waals surface area (Å²) in [5.74, 6) is 0.594. The second-order valence-corrected chi connectivity index (χ2v) is 5.58. The molecule has 0 spiro atoms. The first-order valence-electron chi connectivity index (χ1n) is 4.80. The third-order valence-corrected chi connectivity index (χ3v) is 2.55. The van der Waals surface area contributed by atoms with Gasteiger partial charge in [0, 0.05) is 0 Å². The van der Waals surface area contributed by atoms with Crippen molar-refractivity contribution < 1.29 is 17.2 Å². The summed E-state index contributed by atoms with van der Waals surface area (Å²) < 4.78 is 34.0. The molecule has 86 valence electrons. The lowest BCUT2D eigenvalue weighted by Crippen LogP contribution is -2.27. The highest BCUT2D eigenvalue weighted by Crippen LogP contribution is 2.21. The van der Waals surface area contributed by atoms with Gasteiger partial charge in [-0.1, -0.05) is 26.7 Å². The Morgan fingerprint density at radius 1 is 1.36 bits per heavy atom. The van der Waals surface area contributed by atoms with E-state index in [1.165, 1.54) is 0 Å². The Balaban J connectivity index is 3.96. The molecule has 5 heteroatoms. The van der Waals surface area contributed by atoms with Gasteiger partial charge in [-0.25, -0.2) is 4.18 Å². The molecule has 0 unspecified atom stereocenters. The van der Waals surface area contributed by atoms with E-state index in [0.29, 0.717) is 12.3 Å². The highest BCUT2D eigenvalue weighted by molar-refractivity contribution is 7.80. The topological polar surface area (TPSA) is 63.6 Å². The predicted molar refractivity (Wildman–Crippen MR) is 55.4 cm³/mol. The van der Waals surface area contributed by atoms with Gasteiger partial charge in [0.15, 0.2) is 0 Å². The van der Waals surface area contributed by atoms with E-state index in [4.69, 9.17) is 4.55 Å². The fraction of sp³-hybridized carbons (Fsp3) is 1.00. The van der Waals surface area contributed by atoms with Crippen molar-refractivity contribution in [3.05, 3.63) is 0 Å². The average Bonchev–Trinajstić information content (AvgIpc) is 1.78. The van der Waals surface area contributed by atoms with Gasteiger partial charge in [0.1, 0.15) is 0 Å². The SMILES string of the molecule is CC(C)CCCC(C)(C)OS(=O)(=O)O. The summed E-state index contributed by atoms with van der Waals surface area (Å²) in [4.78, 5) is 0. The molecule has 0 aliphatic carbocycles. The van der Waals surface area contributed by atoms with Crippen LogP contribution < -0.4 is 0 Å². The Hall–Kier alpha value is -0.130. The van der Waals surface area contributed by atoms with E-state index in [1.807, 2.05) is 0 Å². The normalized spacial score (nSPS) is 13.6. The van der Waals surface area contributed by atoms with E-state index in [9.17, 15) is 8.42 Å². The molecule has 0 saturated heterocycles. The molecule has 0 radical (unpaired) electrons. The molecular weight excluding hydrogens is 204 g/mol. The van der Waals surface area contributed by atoms with E-state index < -0.39 is 16.0 Å². The number of hydrogen-bond acceptors (Lipinski definition) is 3. The smallest absolute Gasteiger partial charge is 0.264 e. The van der Waals surface area contributed by atoms with Gasteiger partial charge in [-0.15, -0.1) is 0 Å². The van der Waals surface area contributed by atoms with Crippen LogP contribution in [0.15, 0.2) is 0 Å². The second-order valence-electron chi connectivity index (χ2n) is 4.56. The highest BCUT2D eigenvalue weighted by atomic mass is 32.3. The summed E-state index contributed by atoms with van der Waals surface area (Å²) in [5.41, 5.74) is -0.817. The maximum absolute atomic E-state index is 10.5. The zero-order chi connectivity index (χ0) is 11.4. The van der Waals surface area contributed by atoms with E-state index >= 15 is 0 Å². The first-order chi connectivity index (χ1) is 6.12. The van der Waals surface area contributed by atoms with Crippen LogP contribution in [0.5, 0.6) is 0 Å². The Morgan fingerprint density at radius 3 is 2.21 bits per heavy atom. The molecule has 0 aliphatic heterocycles. The Kier molecular flexibility index (Phi) is 5.05. The first-order valence-corrected chi connectivity index (χ1v) is 6.17. The number of rotatable bonds is 6. The Bertz CT molecular complexity index is 254. The van der Waals surface area contributed by atoms with Crippen molar-refractivity contribution in [2.75, 3.05) is 0 Å². The van der Waals surface area contributed by atoms with Crippen LogP contribution in [0, 0.1) is 5.92 Å². The molecule has 1 N–H and O–H groups in total. The fourth-order valence-electron chi connectivity index (χ4n) is 1.26. The van der Waals surface area contributed by atoms with Crippen LogP contribution in [0.2, 0.25) is 0 Å². The molecule has 0 aromatic rings. The van der Waals surface area contributed by atoms with Gasteiger partial charge in [0.2, 0.25) is 0 Å². The minimum Gasteiger partial charge on any atom is -0.264 e. The van der Waals surface area contributed by atoms with Gasteiger partial charge in [0.25, 0.3) is 0 Å². The largest absolute Gasteiger partial charge is 0.397 e. The summed E-state index contributed by atoms with van der Waals surface area (Å²) in [6, 6.07) is 0. The van der Waals surface area contributed by atoms with Crippen molar-refractivity contribution in [3.8, 4) is 0 Å². The number of hydrogen-bond donors (Lipinski definition) is 1. The summed E-state index contributed by atoms with van der Waals surface area (Å²) in [7, 11) is -4.33. The quantitative estimate of drug-likeness (QED) is 0.704. The van der Waals surface area contributed by atoms with Gasteiger partial charge in [-0.3, -0.25) is 4.55 Å². The minimum absolute atomic E-state index is 0.594. The van der Waals surface area contributed by atoms with E-state index in [-0.39, 0.29) is 0 Å². The Labute approximate surface area is 86.6 Å². The Morgan fingerprint density at radius 2 is 1.86 bits per heavy atom. The van der Waals surface area contributed by atoms with E-state index in [0.717, 1.165) is 12.8 Å². The van der Waals surface area contributed by atoms with E-state index in [1.54, 1.807) is 13.8 Å². The van der Waals surface area contributed by atoms with Gasteiger partial charge in [-0.05, 0) is 26.2 Å². The molecular formula is C9H20O4S. The second kappa shape index (κ2) is 5.09. The third kappa shape index (κ3) is 8.47. The molecule has 0 atom stereocenters. The van der Waals surface area contributed by atoms with Crippen molar-refractivity contribution in [2.24, 2.45) is 5.92 Å². The van der Waals surface area contributed by atoms with Crippen molar-refractivity contribution in [1.29, 1.82) is 0 Å². The van der Waals surface area contributed by atoms with Crippen molar-refractivity contribution in [2.45, 2.75) is 52.6 Å². The van der Waals surface area contributed by atoms with Crippen LogP contribution in [0.3, 0.4) is 0 Å². The molecule has 0 heterocycles. The van der Waals surface area contributed by atoms with E-state index in [2.05, 4.69) is 18.0 Å². The monoisotopic (exact) mass is 224 g/mol. The van der Waals surface area contributed by atoms with Gasteiger partial charge < -0.3 is 0 Å². The first kappa shape index (κ1) is 13.9. The summed E-state index contributed by atoms with van der Waals surface area (Å²) >= 11 is 0. The zero-order valence-corrected chi connectivity index (χ0v) is 10.1. The summed E-state index contributed by atoms with van der Waals surface area (Å²) in [5, 5.41) is 0. The van der Waals surface area contributed by atoms with Crippen LogP contribution >= 0.6 is 0 Å². The van der Waals surface area contributed by atoms with Crippen LogP contribution in [-0.4, -0.2) is 18.6 Å². The van der Waals surface area contributed by atoms with Gasteiger partial charge >= 0.3 is 10.4 Å². The molecule has 14 heavy (non-hydrogen) atoms.